The van der Waals surface area contributed by atoms with Crippen molar-refractivity contribution in [3.05, 3.63) is 47.7 Å². The maximum atomic E-state index is 11.4. The summed E-state index contributed by atoms with van der Waals surface area (Å²) in [7, 11) is 0. The molecule has 0 aromatic heterocycles. The lowest BCUT2D eigenvalue weighted by atomic mass is 10.1. The molecule has 14 heavy (non-hydrogen) atoms. The molecule has 0 fully saturated rings. The molecule has 0 radical (unpaired) electrons. The lowest BCUT2D eigenvalue weighted by molar-refractivity contribution is -0.116. The number of ether oxygens (including phenoxy) is 1. The van der Waals surface area contributed by atoms with Gasteiger partial charge in [-0.25, -0.2) is 4.79 Å². The number of ketones is 1. The van der Waals surface area contributed by atoms with E-state index in [0.717, 1.165) is 0 Å². The molecule has 1 aromatic carbocycles. The van der Waals surface area contributed by atoms with Crippen molar-refractivity contribution in [2.75, 3.05) is 0 Å². The Kier molecular flexibility index (Phi) is 2.14. The molecule has 0 spiro atoms. The van der Waals surface area contributed by atoms with Crippen molar-refractivity contribution in [2.24, 2.45) is 0 Å². The monoisotopic (exact) mass is 188 g/mol. The predicted molar refractivity (Wildman–Crippen MR) is 49.6 cm³/mol. The summed E-state index contributed by atoms with van der Waals surface area (Å²) in [5.74, 6) is 0.0362. The number of hydrogen-bond donors (Lipinski definition) is 0. The fourth-order valence-corrected chi connectivity index (χ4v) is 1.14. The van der Waals surface area contributed by atoms with Gasteiger partial charge in [-0.2, -0.15) is 0 Å². The number of rotatable bonds is 2. The third-order valence-electron chi connectivity index (χ3n) is 1.90. The zero-order valence-electron chi connectivity index (χ0n) is 7.40. The lowest BCUT2D eigenvalue weighted by Gasteiger charge is -2.12. The summed E-state index contributed by atoms with van der Waals surface area (Å²) in [5.41, 5.74) is 0.493. The molecule has 0 N–H and O–H groups in total. The van der Waals surface area contributed by atoms with Gasteiger partial charge in [0.2, 0.25) is 0 Å². The highest BCUT2D eigenvalue weighted by atomic mass is 16.5. The van der Waals surface area contributed by atoms with E-state index in [2.05, 4.69) is 0 Å². The fourth-order valence-electron chi connectivity index (χ4n) is 1.14. The van der Waals surface area contributed by atoms with E-state index < -0.39 is 5.97 Å². The summed E-state index contributed by atoms with van der Waals surface area (Å²) in [4.78, 5) is 21.9. The summed E-state index contributed by atoms with van der Waals surface area (Å²) < 4.78 is 4.94. The molecule has 0 bridgehead atoms. The van der Waals surface area contributed by atoms with Crippen LogP contribution in [0.25, 0.3) is 0 Å². The molecule has 0 aliphatic heterocycles. The lowest BCUT2D eigenvalue weighted by Crippen LogP contribution is -2.15. The van der Waals surface area contributed by atoms with Gasteiger partial charge < -0.3 is 4.74 Å². The molecule has 1 aliphatic carbocycles. The van der Waals surface area contributed by atoms with Crippen molar-refractivity contribution in [2.45, 2.75) is 6.42 Å². The normalized spacial score (nSPS) is 14.3. The number of benzene rings is 1. The summed E-state index contributed by atoms with van der Waals surface area (Å²) in [5, 5.41) is 0. The van der Waals surface area contributed by atoms with Crippen LogP contribution in [0.15, 0.2) is 42.2 Å². The highest BCUT2D eigenvalue weighted by Crippen LogP contribution is 2.17. The van der Waals surface area contributed by atoms with Gasteiger partial charge in [-0.1, -0.05) is 18.2 Å². The third-order valence-corrected chi connectivity index (χ3v) is 1.90. The second-order valence-corrected chi connectivity index (χ2v) is 3.01. The molecule has 0 amide bonds. The Bertz CT molecular complexity index is 404. The molecule has 3 heteroatoms. The maximum absolute atomic E-state index is 11.4. The molecule has 0 heterocycles. The molecular formula is C11H8O3. The van der Waals surface area contributed by atoms with Crippen LogP contribution in [0.1, 0.15) is 16.8 Å². The van der Waals surface area contributed by atoms with E-state index in [1.807, 2.05) is 6.07 Å². The highest BCUT2D eigenvalue weighted by Gasteiger charge is 2.20. The second-order valence-electron chi connectivity index (χ2n) is 3.01. The molecule has 0 atom stereocenters. The van der Waals surface area contributed by atoms with Gasteiger partial charge in [0.25, 0.3) is 0 Å². The zero-order chi connectivity index (χ0) is 9.97. The smallest absolute Gasteiger partial charge is 0.343 e. The molecule has 0 saturated carbocycles. The van der Waals surface area contributed by atoms with Crippen LogP contribution in [0.2, 0.25) is 0 Å². The van der Waals surface area contributed by atoms with E-state index in [1.54, 1.807) is 24.3 Å². The zero-order valence-corrected chi connectivity index (χ0v) is 7.40. The Balaban J connectivity index is 2.04. The number of esters is 1. The minimum absolute atomic E-state index is 0.000798. The first-order valence-corrected chi connectivity index (χ1v) is 4.26. The first-order chi connectivity index (χ1) is 6.75. The number of carbonyl (C=O) groups excluding carboxylic acids is 2. The number of allylic oxidation sites excluding steroid dienone is 2. The van der Waals surface area contributed by atoms with Crippen molar-refractivity contribution < 1.29 is 14.3 Å². The van der Waals surface area contributed by atoms with E-state index in [4.69, 9.17) is 4.74 Å². The van der Waals surface area contributed by atoms with Crippen LogP contribution in [-0.2, 0) is 9.53 Å². The topological polar surface area (TPSA) is 43.4 Å². The van der Waals surface area contributed by atoms with Gasteiger partial charge in [-0.15, -0.1) is 0 Å². The predicted octanol–water partition coefficient (Wildman–Crippen LogP) is 1.70. The summed E-state index contributed by atoms with van der Waals surface area (Å²) in [6.45, 7) is 0. The van der Waals surface area contributed by atoms with Crippen LogP contribution < -0.4 is 0 Å². The average molecular weight is 188 g/mol. The molecule has 1 aliphatic rings. The minimum atomic E-state index is -0.413. The maximum Gasteiger partial charge on any atom is 0.343 e. The summed E-state index contributed by atoms with van der Waals surface area (Å²) in [6, 6.07) is 8.68. The van der Waals surface area contributed by atoms with Crippen molar-refractivity contribution in [3.8, 4) is 0 Å². The van der Waals surface area contributed by atoms with Crippen LogP contribution in [0.3, 0.4) is 0 Å². The van der Waals surface area contributed by atoms with Gasteiger partial charge in [0, 0.05) is 6.08 Å². The van der Waals surface area contributed by atoms with Gasteiger partial charge in [-0.3, -0.25) is 4.79 Å². The van der Waals surface area contributed by atoms with E-state index in [9.17, 15) is 9.59 Å². The Labute approximate surface area is 81.0 Å². The molecule has 70 valence electrons. The van der Waals surface area contributed by atoms with Crippen LogP contribution >= 0.6 is 0 Å². The van der Waals surface area contributed by atoms with E-state index in [0.29, 0.717) is 11.3 Å². The van der Waals surface area contributed by atoms with Gasteiger partial charge >= 0.3 is 5.97 Å². The van der Waals surface area contributed by atoms with Crippen molar-refractivity contribution in [1.82, 2.24) is 0 Å². The van der Waals surface area contributed by atoms with Crippen molar-refractivity contribution >= 4 is 11.8 Å². The Morgan fingerprint density at radius 2 is 1.86 bits per heavy atom. The highest BCUT2D eigenvalue weighted by molar-refractivity contribution is 6.00. The molecule has 2 rings (SSSR count). The summed E-state index contributed by atoms with van der Waals surface area (Å²) in [6.07, 6.45) is 1.57. The Morgan fingerprint density at radius 1 is 1.21 bits per heavy atom. The van der Waals surface area contributed by atoms with E-state index >= 15 is 0 Å². The van der Waals surface area contributed by atoms with E-state index in [-0.39, 0.29) is 12.2 Å². The average Bonchev–Trinajstić information content (AvgIpc) is 2.17. The number of hydrogen-bond acceptors (Lipinski definition) is 3. The Morgan fingerprint density at radius 3 is 2.43 bits per heavy atom. The van der Waals surface area contributed by atoms with Gasteiger partial charge in [0.1, 0.15) is 5.76 Å². The SMILES string of the molecule is O=C1C=C(OC(=O)c2ccccc2)C1. The van der Waals surface area contributed by atoms with E-state index in [1.165, 1.54) is 6.08 Å². The minimum Gasteiger partial charge on any atom is -0.427 e. The number of carbonyl (C=O) groups is 2. The standard InChI is InChI=1S/C11H8O3/c12-9-6-10(7-9)14-11(13)8-4-2-1-3-5-8/h1-6H,7H2. The van der Waals surface area contributed by atoms with Crippen LogP contribution in [0.5, 0.6) is 0 Å². The van der Waals surface area contributed by atoms with Gasteiger partial charge in [-0.05, 0) is 12.1 Å². The van der Waals surface area contributed by atoms with Crippen molar-refractivity contribution in [3.63, 3.8) is 0 Å². The molecule has 0 unspecified atom stereocenters. The first-order valence-electron chi connectivity index (χ1n) is 4.26. The van der Waals surface area contributed by atoms with Crippen LogP contribution in [0.4, 0.5) is 0 Å². The van der Waals surface area contributed by atoms with Crippen LogP contribution in [0, 0.1) is 0 Å². The molecule has 3 nitrogen and oxygen atoms in total. The Hall–Kier alpha value is -1.90. The van der Waals surface area contributed by atoms with Crippen molar-refractivity contribution in [1.29, 1.82) is 0 Å². The fraction of sp³-hybridized carbons (Fsp3) is 0.0909. The summed E-state index contributed by atoms with van der Waals surface area (Å²) >= 11 is 0. The molecule has 0 saturated heterocycles. The molecular weight excluding hydrogens is 180 g/mol. The van der Waals surface area contributed by atoms with Crippen LogP contribution in [-0.4, -0.2) is 11.8 Å². The third kappa shape index (κ3) is 1.71. The molecule has 1 aromatic rings. The largest absolute Gasteiger partial charge is 0.427 e. The van der Waals surface area contributed by atoms with Gasteiger partial charge in [0.05, 0.1) is 12.0 Å². The first kappa shape index (κ1) is 8.69. The van der Waals surface area contributed by atoms with Gasteiger partial charge in [0.15, 0.2) is 5.78 Å². The second kappa shape index (κ2) is 3.46. The quantitative estimate of drug-likeness (QED) is 0.663.